The van der Waals surface area contributed by atoms with Crippen molar-refractivity contribution in [1.29, 1.82) is 0 Å². The highest BCUT2D eigenvalue weighted by molar-refractivity contribution is 5.81. The molecule has 3 aliphatic rings. The Bertz CT molecular complexity index is 572. The molecule has 3 atom stereocenters. The second-order valence-electron chi connectivity index (χ2n) is 7.01. The van der Waals surface area contributed by atoms with Crippen LogP contribution in [-0.4, -0.2) is 47.4 Å². The molecule has 1 aromatic rings. The van der Waals surface area contributed by atoms with Gasteiger partial charge in [0.25, 0.3) is 0 Å². The van der Waals surface area contributed by atoms with Crippen molar-refractivity contribution < 1.29 is 9.53 Å². The van der Waals surface area contributed by atoms with Crippen LogP contribution in [0, 0.1) is 12.8 Å². The number of fused-ring (bicyclic) bond motifs is 1. The molecule has 1 aliphatic carbocycles. The maximum atomic E-state index is 12.2. The molecule has 3 fully saturated rings. The number of hydrogen-bond acceptors (Lipinski definition) is 5. The average molecular weight is 316 g/mol. The summed E-state index contributed by atoms with van der Waals surface area (Å²) in [5.74, 6) is 1.70. The minimum atomic E-state index is -0.279. The van der Waals surface area contributed by atoms with Gasteiger partial charge in [-0.15, -0.1) is 5.10 Å². The van der Waals surface area contributed by atoms with Gasteiger partial charge in [0.1, 0.15) is 6.10 Å². The van der Waals surface area contributed by atoms with Crippen LogP contribution in [0.1, 0.15) is 37.8 Å². The number of carbonyl (C=O) groups excluding carboxylic acids is 1. The number of aromatic nitrogens is 2. The molecule has 0 spiro atoms. The number of ether oxygens (including phenoxy) is 1. The van der Waals surface area contributed by atoms with E-state index in [1.165, 1.54) is 12.8 Å². The molecule has 0 radical (unpaired) electrons. The van der Waals surface area contributed by atoms with Crippen LogP contribution in [-0.2, 0) is 9.53 Å². The Kier molecular flexibility index (Phi) is 3.93. The first kappa shape index (κ1) is 14.9. The van der Waals surface area contributed by atoms with Gasteiger partial charge in [0.05, 0.1) is 17.8 Å². The molecule has 23 heavy (non-hydrogen) atoms. The van der Waals surface area contributed by atoms with Gasteiger partial charge in [-0.3, -0.25) is 4.79 Å². The summed E-state index contributed by atoms with van der Waals surface area (Å²) in [7, 11) is 0. The van der Waals surface area contributed by atoms with Gasteiger partial charge in [-0.2, -0.15) is 5.10 Å². The van der Waals surface area contributed by atoms with E-state index in [-0.39, 0.29) is 18.1 Å². The summed E-state index contributed by atoms with van der Waals surface area (Å²) in [6, 6.07) is 4.34. The van der Waals surface area contributed by atoms with Crippen molar-refractivity contribution in [3.63, 3.8) is 0 Å². The fraction of sp³-hybridized carbons (Fsp3) is 0.706. The second kappa shape index (κ2) is 6.07. The molecule has 2 aliphatic heterocycles. The van der Waals surface area contributed by atoms with E-state index in [2.05, 4.69) is 20.4 Å². The third kappa shape index (κ3) is 3.17. The number of nitrogens with zero attached hydrogens (tertiary/aromatic N) is 3. The summed E-state index contributed by atoms with van der Waals surface area (Å²) in [6.07, 6.45) is 5.07. The summed E-state index contributed by atoms with van der Waals surface area (Å²) in [5.41, 5.74) is 0.928. The Morgan fingerprint density at radius 1 is 1.26 bits per heavy atom. The van der Waals surface area contributed by atoms with E-state index in [4.69, 9.17) is 4.74 Å². The Morgan fingerprint density at radius 2 is 2.13 bits per heavy atom. The third-order valence-corrected chi connectivity index (χ3v) is 5.18. The Morgan fingerprint density at radius 3 is 2.87 bits per heavy atom. The van der Waals surface area contributed by atoms with E-state index in [9.17, 15) is 4.79 Å². The van der Waals surface area contributed by atoms with Crippen LogP contribution in [0.15, 0.2) is 12.1 Å². The smallest absolute Gasteiger partial charge is 0.249 e. The molecule has 1 amide bonds. The lowest BCUT2D eigenvalue weighted by Gasteiger charge is -2.35. The summed E-state index contributed by atoms with van der Waals surface area (Å²) in [4.78, 5) is 14.5. The molecule has 0 unspecified atom stereocenters. The van der Waals surface area contributed by atoms with Crippen LogP contribution in [0.2, 0.25) is 0 Å². The van der Waals surface area contributed by atoms with Gasteiger partial charge >= 0.3 is 0 Å². The van der Waals surface area contributed by atoms with Crippen LogP contribution in [0.25, 0.3) is 0 Å². The Hall–Kier alpha value is -1.69. The number of hydrogen-bond donors (Lipinski definition) is 1. The monoisotopic (exact) mass is 316 g/mol. The lowest BCUT2D eigenvalue weighted by Crippen LogP contribution is -2.48. The maximum Gasteiger partial charge on any atom is 0.249 e. The van der Waals surface area contributed by atoms with Gasteiger partial charge in [0.15, 0.2) is 5.82 Å². The van der Waals surface area contributed by atoms with Gasteiger partial charge in [-0.1, -0.05) is 0 Å². The molecule has 1 aromatic heterocycles. The fourth-order valence-corrected chi connectivity index (χ4v) is 3.63. The topological polar surface area (TPSA) is 67.3 Å². The standard InChI is InChI=1S/C17H24N4O2/c1-11-2-7-16(20-19-11)21-9-8-14-13(21)5-6-15(23-14)17(22)18-10-12-3-4-12/h2,7,12-15H,3-6,8-10H2,1H3,(H,18,22)/t13-,14-,15+/m0/s1. The summed E-state index contributed by atoms with van der Waals surface area (Å²) in [6.45, 7) is 3.68. The molecule has 1 N–H and O–H groups in total. The molecular formula is C17H24N4O2. The van der Waals surface area contributed by atoms with Crippen molar-refractivity contribution in [2.45, 2.75) is 57.3 Å². The van der Waals surface area contributed by atoms with E-state index in [1.807, 2.05) is 19.1 Å². The lowest BCUT2D eigenvalue weighted by atomic mass is 9.98. The van der Waals surface area contributed by atoms with Crippen LogP contribution >= 0.6 is 0 Å². The first-order valence-electron chi connectivity index (χ1n) is 8.71. The minimum Gasteiger partial charge on any atom is -0.363 e. The van der Waals surface area contributed by atoms with Crippen LogP contribution in [0.3, 0.4) is 0 Å². The van der Waals surface area contributed by atoms with E-state index in [1.54, 1.807) is 0 Å². The molecule has 1 saturated carbocycles. The van der Waals surface area contributed by atoms with Crippen molar-refractivity contribution in [2.75, 3.05) is 18.0 Å². The van der Waals surface area contributed by atoms with Crippen molar-refractivity contribution in [1.82, 2.24) is 15.5 Å². The molecule has 0 aromatic carbocycles. The normalized spacial score (nSPS) is 30.1. The first-order valence-corrected chi connectivity index (χ1v) is 8.71. The second-order valence-corrected chi connectivity index (χ2v) is 7.01. The highest BCUT2D eigenvalue weighted by Crippen LogP contribution is 2.34. The lowest BCUT2D eigenvalue weighted by molar-refractivity contribution is -0.141. The van der Waals surface area contributed by atoms with Crippen molar-refractivity contribution in [2.24, 2.45) is 5.92 Å². The van der Waals surface area contributed by atoms with E-state index >= 15 is 0 Å². The Balaban J connectivity index is 1.36. The number of rotatable bonds is 4. The van der Waals surface area contributed by atoms with Crippen LogP contribution in [0.5, 0.6) is 0 Å². The highest BCUT2D eigenvalue weighted by atomic mass is 16.5. The van der Waals surface area contributed by atoms with Crippen LogP contribution < -0.4 is 10.2 Å². The number of amides is 1. The molecule has 4 rings (SSSR count). The number of carbonyl (C=O) groups is 1. The van der Waals surface area contributed by atoms with Gasteiger partial charge in [-0.05, 0) is 57.1 Å². The van der Waals surface area contributed by atoms with Gasteiger partial charge < -0.3 is 15.0 Å². The average Bonchev–Trinajstić information content (AvgIpc) is 3.31. The molecular weight excluding hydrogens is 292 g/mol. The minimum absolute atomic E-state index is 0.0731. The third-order valence-electron chi connectivity index (χ3n) is 5.18. The Labute approximate surface area is 136 Å². The zero-order valence-electron chi connectivity index (χ0n) is 13.6. The van der Waals surface area contributed by atoms with Crippen molar-refractivity contribution >= 4 is 11.7 Å². The summed E-state index contributed by atoms with van der Waals surface area (Å²) >= 11 is 0. The molecule has 6 nitrogen and oxygen atoms in total. The molecule has 6 heteroatoms. The van der Waals surface area contributed by atoms with Gasteiger partial charge in [-0.25, -0.2) is 0 Å². The molecule has 3 heterocycles. The highest BCUT2D eigenvalue weighted by Gasteiger charge is 2.42. The van der Waals surface area contributed by atoms with E-state index < -0.39 is 0 Å². The van der Waals surface area contributed by atoms with E-state index in [0.717, 1.165) is 43.9 Å². The van der Waals surface area contributed by atoms with E-state index in [0.29, 0.717) is 12.0 Å². The molecule has 0 bridgehead atoms. The van der Waals surface area contributed by atoms with Gasteiger partial charge in [0.2, 0.25) is 5.91 Å². The number of aryl methyl sites for hydroxylation is 1. The SMILES string of the molecule is Cc1ccc(N2CC[C@@H]3O[C@@H](C(=O)NCC4CC4)CC[C@@H]32)nn1. The van der Waals surface area contributed by atoms with Crippen LogP contribution in [0.4, 0.5) is 5.82 Å². The fourth-order valence-electron chi connectivity index (χ4n) is 3.63. The quantitative estimate of drug-likeness (QED) is 0.910. The van der Waals surface area contributed by atoms with Crippen molar-refractivity contribution in [3.05, 3.63) is 17.8 Å². The molecule has 124 valence electrons. The summed E-state index contributed by atoms with van der Waals surface area (Å²) in [5, 5.41) is 11.5. The van der Waals surface area contributed by atoms with Crippen molar-refractivity contribution in [3.8, 4) is 0 Å². The largest absolute Gasteiger partial charge is 0.363 e. The summed E-state index contributed by atoms with van der Waals surface area (Å²) < 4.78 is 6.10. The predicted octanol–water partition coefficient (Wildman–Crippen LogP) is 1.44. The zero-order chi connectivity index (χ0) is 15.8. The maximum absolute atomic E-state index is 12.2. The molecule has 2 saturated heterocycles. The first-order chi connectivity index (χ1) is 11.2. The zero-order valence-corrected chi connectivity index (χ0v) is 13.6. The van der Waals surface area contributed by atoms with Gasteiger partial charge in [0, 0.05) is 13.1 Å². The number of nitrogens with one attached hydrogen (secondary N) is 1. The predicted molar refractivity (Wildman–Crippen MR) is 86.1 cm³/mol. The number of anilines is 1.